The van der Waals surface area contributed by atoms with Crippen molar-refractivity contribution in [2.75, 3.05) is 47.4 Å². The Morgan fingerprint density at radius 1 is 1.21 bits per heavy atom. The second-order valence-electron chi connectivity index (χ2n) is 8.61. The van der Waals surface area contributed by atoms with Crippen molar-refractivity contribution in [3.63, 3.8) is 0 Å². The van der Waals surface area contributed by atoms with Crippen molar-refractivity contribution >= 4 is 35.9 Å². The van der Waals surface area contributed by atoms with Gasteiger partial charge in [-0.25, -0.2) is 14.6 Å². The van der Waals surface area contributed by atoms with E-state index in [-0.39, 0.29) is 17.0 Å². The van der Waals surface area contributed by atoms with Gasteiger partial charge in [0.05, 0.1) is 49.4 Å². The molecule has 2 aromatic heterocycles. The molecule has 202 valence electrons. The summed E-state index contributed by atoms with van der Waals surface area (Å²) in [6.45, 7) is 6.13. The first-order chi connectivity index (χ1) is 18.3. The monoisotopic (exact) mass is 559 g/mol. The minimum absolute atomic E-state index is 0.174. The summed E-state index contributed by atoms with van der Waals surface area (Å²) >= 11 is 7.14. The Labute approximate surface area is 229 Å². The number of methoxy groups -OCH3 is 2. The average molecular weight is 560 g/mol. The lowest BCUT2D eigenvalue weighted by Gasteiger charge is -2.31. The van der Waals surface area contributed by atoms with Crippen LogP contribution in [0.1, 0.15) is 17.1 Å². The minimum atomic E-state index is -0.495. The van der Waals surface area contributed by atoms with Crippen molar-refractivity contribution in [2.24, 2.45) is 5.10 Å². The van der Waals surface area contributed by atoms with E-state index in [0.717, 1.165) is 31.9 Å². The zero-order valence-electron chi connectivity index (χ0n) is 21.6. The Morgan fingerprint density at radius 3 is 2.58 bits per heavy atom. The Kier molecular flexibility index (Phi) is 9.04. The Bertz CT molecular complexity index is 1380. The molecular weight excluding hydrogens is 530 g/mol. The summed E-state index contributed by atoms with van der Waals surface area (Å²) in [5, 5.41) is 21.6. The van der Waals surface area contributed by atoms with Gasteiger partial charge in [0, 0.05) is 38.1 Å². The highest BCUT2D eigenvalue weighted by Crippen LogP contribution is 2.33. The highest BCUT2D eigenvalue weighted by atomic mass is 32.2. The molecule has 1 fully saturated rings. The van der Waals surface area contributed by atoms with E-state index in [2.05, 4.69) is 31.9 Å². The van der Waals surface area contributed by atoms with Crippen LogP contribution in [0.5, 0.6) is 11.5 Å². The Morgan fingerprint density at radius 2 is 1.92 bits per heavy atom. The van der Waals surface area contributed by atoms with Gasteiger partial charge in [-0.2, -0.15) is 14.9 Å². The molecule has 3 heterocycles. The van der Waals surface area contributed by atoms with Gasteiger partial charge in [0.2, 0.25) is 4.77 Å². The van der Waals surface area contributed by atoms with E-state index < -0.39 is 4.92 Å². The fourth-order valence-electron chi connectivity index (χ4n) is 3.81. The van der Waals surface area contributed by atoms with Gasteiger partial charge in [-0.15, -0.1) is 0 Å². The molecule has 0 amide bonds. The number of likely N-dealkylation sites (N-methyl/N-ethyl adjacent to an activating group) is 1. The summed E-state index contributed by atoms with van der Waals surface area (Å²) in [6, 6.07) is 4.65. The van der Waals surface area contributed by atoms with E-state index >= 15 is 0 Å². The summed E-state index contributed by atoms with van der Waals surface area (Å²) in [6.07, 6.45) is 3.09. The molecule has 3 aromatic rings. The smallest absolute Gasteiger partial charge is 0.282 e. The average Bonchev–Trinajstić information content (AvgIpc) is 3.20. The first kappa shape index (κ1) is 27.6. The van der Waals surface area contributed by atoms with Crippen molar-refractivity contribution < 1.29 is 14.4 Å². The van der Waals surface area contributed by atoms with Gasteiger partial charge in [-0.3, -0.25) is 15.0 Å². The van der Waals surface area contributed by atoms with Crippen LogP contribution in [0.25, 0.3) is 0 Å². The summed E-state index contributed by atoms with van der Waals surface area (Å²) in [5.74, 6) is 1.57. The number of aromatic nitrogens is 5. The van der Waals surface area contributed by atoms with Crippen LogP contribution < -0.4 is 9.47 Å². The van der Waals surface area contributed by atoms with E-state index in [1.165, 1.54) is 49.0 Å². The zero-order chi connectivity index (χ0) is 27.2. The summed E-state index contributed by atoms with van der Waals surface area (Å²) in [4.78, 5) is 24.5. The summed E-state index contributed by atoms with van der Waals surface area (Å²) in [7, 11) is 4.99. The van der Waals surface area contributed by atoms with Crippen LogP contribution in [0.3, 0.4) is 0 Å². The second kappa shape index (κ2) is 12.4. The molecule has 0 saturated carbocycles. The van der Waals surface area contributed by atoms with Gasteiger partial charge in [0.1, 0.15) is 0 Å². The predicted octanol–water partition coefficient (Wildman–Crippen LogP) is 2.82. The number of benzene rings is 1. The normalized spacial score (nSPS) is 14.7. The van der Waals surface area contributed by atoms with Gasteiger partial charge in [-0.05, 0) is 38.3 Å². The van der Waals surface area contributed by atoms with E-state index in [0.29, 0.717) is 33.9 Å². The molecule has 0 spiro atoms. The maximum absolute atomic E-state index is 11.7. The van der Waals surface area contributed by atoms with E-state index in [4.69, 9.17) is 26.8 Å². The molecule has 38 heavy (non-hydrogen) atoms. The standard InChI is InChI=1S/C23H29N9O4S2/c1-16-5-6-24-22(26-16)38-14-21-27-30(15-29-9-7-28(2)8-10-29)23(37)31(21)25-13-17-11-19(35-3)20(36-4)12-18(17)32(33)34/h5-6,11-13H,7-10,14-15H2,1-4H3/b25-13+. The number of aryl methyl sites for hydroxylation is 1. The van der Waals surface area contributed by atoms with E-state index in [9.17, 15) is 10.1 Å². The van der Waals surface area contributed by atoms with E-state index in [1.54, 1.807) is 10.9 Å². The van der Waals surface area contributed by atoms with Gasteiger partial charge >= 0.3 is 0 Å². The van der Waals surface area contributed by atoms with Crippen LogP contribution in [0, 0.1) is 21.8 Å². The van der Waals surface area contributed by atoms with Crippen molar-refractivity contribution in [3.05, 3.63) is 56.4 Å². The lowest BCUT2D eigenvalue weighted by atomic mass is 10.1. The fourth-order valence-corrected chi connectivity index (χ4v) is 4.84. The van der Waals surface area contributed by atoms with Crippen LogP contribution >= 0.6 is 24.0 Å². The molecular formula is C23H29N9O4S2. The molecule has 0 radical (unpaired) electrons. The molecule has 1 aromatic carbocycles. The van der Waals surface area contributed by atoms with Gasteiger partial charge in [0.25, 0.3) is 5.69 Å². The first-order valence-corrected chi connectivity index (χ1v) is 13.1. The molecule has 15 heteroatoms. The molecule has 1 saturated heterocycles. The molecule has 4 rings (SSSR count). The van der Waals surface area contributed by atoms with Crippen LogP contribution in [-0.2, 0) is 12.4 Å². The molecule has 1 aliphatic heterocycles. The molecule has 0 N–H and O–H groups in total. The second-order valence-corrected chi connectivity index (χ2v) is 9.92. The zero-order valence-corrected chi connectivity index (χ0v) is 23.2. The van der Waals surface area contributed by atoms with Gasteiger partial charge in [-0.1, -0.05) is 11.8 Å². The number of nitrogens with zero attached hydrogens (tertiary/aromatic N) is 9. The number of thioether (sulfide) groups is 1. The number of piperazine rings is 1. The quantitative estimate of drug-likeness (QED) is 0.0908. The van der Waals surface area contributed by atoms with E-state index in [1.807, 2.05) is 13.0 Å². The van der Waals surface area contributed by atoms with Crippen molar-refractivity contribution in [1.29, 1.82) is 0 Å². The lowest BCUT2D eigenvalue weighted by molar-refractivity contribution is -0.385. The molecule has 13 nitrogen and oxygen atoms in total. The van der Waals surface area contributed by atoms with Gasteiger partial charge in [0.15, 0.2) is 22.5 Å². The molecule has 0 bridgehead atoms. The molecule has 0 aliphatic carbocycles. The van der Waals surface area contributed by atoms with Crippen molar-refractivity contribution in [1.82, 2.24) is 34.2 Å². The van der Waals surface area contributed by atoms with Crippen LogP contribution in [-0.4, -0.2) is 92.8 Å². The van der Waals surface area contributed by atoms with Crippen molar-refractivity contribution in [2.45, 2.75) is 24.5 Å². The van der Waals surface area contributed by atoms with Crippen molar-refractivity contribution in [3.8, 4) is 11.5 Å². The Balaban J connectivity index is 1.68. The highest BCUT2D eigenvalue weighted by molar-refractivity contribution is 7.98. The topological polar surface area (TPSA) is 129 Å². The molecule has 0 unspecified atom stereocenters. The maximum Gasteiger partial charge on any atom is 0.282 e. The highest BCUT2D eigenvalue weighted by Gasteiger charge is 2.20. The third kappa shape index (κ3) is 6.53. The number of ether oxygens (including phenoxy) is 2. The first-order valence-electron chi connectivity index (χ1n) is 11.8. The number of nitro groups is 1. The van der Waals surface area contributed by atoms with Crippen LogP contribution in [0.15, 0.2) is 34.7 Å². The minimum Gasteiger partial charge on any atom is -0.493 e. The van der Waals surface area contributed by atoms with Crippen LogP contribution in [0.4, 0.5) is 5.69 Å². The maximum atomic E-state index is 11.7. The number of rotatable bonds is 10. The molecule has 1 aliphatic rings. The SMILES string of the molecule is COc1cc(/C=N/n2c(CSc3nccc(C)n3)nn(CN3CCN(C)CC3)c2=S)c([N+](=O)[O-])cc1OC. The van der Waals surface area contributed by atoms with Gasteiger partial charge < -0.3 is 14.4 Å². The Hall–Kier alpha value is -3.40. The molecule has 0 atom stereocenters. The fraction of sp³-hybridized carbons (Fsp3) is 0.435. The predicted molar refractivity (Wildman–Crippen MR) is 146 cm³/mol. The number of hydrogen-bond donors (Lipinski definition) is 0. The lowest BCUT2D eigenvalue weighted by Crippen LogP contribution is -2.45. The van der Waals surface area contributed by atoms with Crippen LogP contribution in [0.2, 0.25) is 0 Å². The number of hydrogen-bond acceptors (Lipinski definition) is 12. The third-order valence-corrected chi connectivity index (χ3v) is 7.20. The number of nitro benzene ring substituents is 1. The summed E-state index contributed by atoms with van der Waals surface area (Å²) < 4.78 is 14.2. The summed E-state index contributed by atoms with van der Waals surface area (Å²) in [5.41, 5.74) is 0.924. The largest absolute Gasteiger partial charge is 0.493 e. The third-order valence-electron chi connectivity index (χ3n) is 5.96.